The van der Waals surface area contributed by atoms with Crippen molar-refractivity contribution >= 4 is 33.5 Å². The van der Waals surface area contributed by atoms with E-state index in [2.05, 4.69) is 21.2 Å². The molecule has 2 aromatic carbocycles. The van der Waals surface area contributed by atoms with E-state index in [4.69, 9.17) is 9.47 Å². The van der Waals surface area contributed by atoms with Gasteiger partial charge in [-0.05, 0) is 49.7 Å². The lowest BCUT2D eigenvalue weighted by Gasteiger charge is -2.14. The predicted octanol–water partition coefficient (Wildman–Crippen LogP) is 3.71. The quantitative estimate of drug-likeness (QED) is 0.762. The molecule has 0 saturated heterocycles. The van der Waals surface area contributed by atoms with E-state index < -0.39 is 18.0 Å². The van der Waals surface area contributed by atoms with Crippen molar-refractivity contribution in [1.82, 2.24) is 0 Å². The first-order valence-corrected chi connectivity index (χ1v) is 8.19. The molecule has 1 N–H and O–H groups in total. The number of aryl methyl sites for hydroxylation is 1. The molecular formula is C18H18BrNO4. The van der Waals surface area contributed by atoms with Gasteiger partial charge < -0.3 is 14.8 Å². The molecule has 0 heterocycles. The fraction of sp³-hybridized carbons (Fsp3) is 0.222. The number of para-hydroxylation sites is 1. The van der Waals surface area contributed by atoms with Gasteiger partial charge in [0.25, 0.3) is 5.91 Å². The second kappa shape index (κ2) is 8.49. The maximum Gasteiger partial charge on any atom is 0.347 e. The lowest BCUT2D eigenvalue weighted by Crippen LogP contribution is -2.29. The molecule has 6 heteroatoms. The Bertz CT molecular complexity index is 715. The molecule has 0 aliphatic rings. The number of esters is 1. The summed E-state index contributed by atoms with van der Waals surface area (Å²) in [7, 11) is 0. The van der Waals surface area contributed by atoms with Crippen LogP contribution >= 0.6 is 15.9 Å². The third-order valence-corrected chi connectivity index (χ3v) is 3.75. The number of carbonyl (C=O) groups is 2. The molecule has 126 valence electrons. The van der Waals surface area contributed by atoms with Crippen LogP contribution in [0.2, 0.25) is 0 Å². The van der Waals surface area contributed by atoms with Gasteiger partial charge >= 0.3 is 5.97 Å². The van der Waals surface area contributed by atoms with Crippen LogP contribution in [-0.4, -0.2) is 24.6 Å². The molecule has 0 aliphatic heterocycles. The SMILES string of the molecule is Cc1ccccc1NC(=O)COC(=O)[C@H](C)Oc1ccc(Br)cc1. The fourth-order valence-electron chi connectivity index (χ4n) is 1.92. The zero-order chi connectivity index (χ0) is 17.5. The van der Waals surface area contributed by atoms with Crippen molar-refractivity contribution in [3.05, 3.63) is 58.6 Å². The van der Waals surface area contributed by atoms with E-state index in [9.17, 15) is 9.59 Å². The molecule has 0 saturated carbocycles. The zero-order valence-corrected chi connectivity index (χ0v) is 15.0. The average molecular weight is 392 g/mol. The molecule has 5 nitrogen and oxygen atoms in total. The number of carbonyl (C=O) groups excluding carboxylic acids is 2. The van der Waals surface area contributed by atoms with E-state index in [0.717, 1.165) is 10.0 Å². The number of rotatable bonds is 6. The van der Waals surface area contributed by atoms with Crippen molar-refractivity contribution < 1.29 is 19.1 Å². The number of halogens is 1. The average Bonchev–Trinajstić information content (AvgIpc) is 2.57. The molecule has 0 aromatic heterocycles. The van der Waals surface area contributed by atoms with Crippen molar-refractivity contribution in [2.24, 2.45) is 0 Å². The highest BCUT2D eigenvalue weighted by Gasteiger charge is 2.18. The molecule has 0 radical (unpaired) electrons. The summed E-state index contributed by atoms with van der Waals surface area (Å²) >= 11 is 3.32. The Balaban J connectivity index is 1.80. The molecule has 2 aromatic rings. The molecule has 0 aliphatic carbocycles. The lowest BCUT2D eigenvalue weighted by atomic mass is 10.2. The van der Waals surface area contributed by atoms with E-state index >= 15 is 0 Å². The van der Waals surface area contributed by atoms with E-state index in [1.165, 1.54) is 0 Å². The van der Waals surface area contributed by atoms with Crippen LogP contribution in [-0.2, 0) is 14.3 Å². The Morgan fingerprint density at radius 2 is 1.79 bits per heavy atom. The van der Waals surface area contributed by atoms with Crippen LogP contribution in [0.3, 0.4) is 0 Å². The molecule has 0 unspecified atom stereocenters. The van der Waals surface area contributed by atoms with Gasteiger partial charge in [0.05, 0.1) is 0 Å². The van der Waals surface area contributed by atoms with Crippen LogP contribution < -0.4 is 10.1 Å². The van der Waals surface area contributed by atoms with Crippen molar-refractivity contribution in [1.29, 1.82) is 0 Å². The molecule has 0 spiro atoms. The molecule has 24 heavy (non-hydrogen) atoms. The lowest BCUT2D eigenvalue weighted by molar-refractivity contribution is -0.153. The van der Waals surface area contributed by atoms with Crippen LogP contribution in [0.1, 0.15) is 12.5 Å². The standard InChI is InChI=1S/C18H18BrNO4/c1-12-5-3-4-6-16(12)20-17(21)11-23-18(22)13(2)24-15-9-7-14(19)8-10-15/h3-10,13H,11H2,1-2H3,(H,20,21)/t13-/m0/s1. The maximum absolute atomic E-state index is 11.9. The fourth-order valence-corrected chi connectivity index (χ4v) is 2.18. The highest BCUT2D eigenvalue weighted by atomic mass is 79.9. The largest absolute Gasteiger partial charge is 0.479 e. The molecule has 0 fully saturated rings. The molecule has 2 rings (SSSR count). The second-order valence-electron chi connectivity index (χ2n) is 5.18. The van der Waals surface area contributed by atoms with Crippen molar-refractivity contribution in [2.75, 3.05) is 11.9 Å². The Hall–Kier alpha value is -2.34. The maximum atomic E-state index is 11.9. The monoisotopic (exact) mass is 391 g/mol. The second-order valence-corrected chi connectivity index (χ2v) is 6.10. The Kier molecular flexibility index (Phi) is 6.37. The number of hydrogen-bond acceptors (Lipinski definition) is 4. The number of hydrogen-bond donors (Lipinski definition) is 1. The predicted molar refractivity (Wildman–Crippen MR) is 95.0 cm³/mol. The Morgan fingerprint density at radius 3 is 2.46 bits per heavy atom. The first-order valence-electron chi connectivity index (χ1n) is 7.40. The third-order valence-electron chi connectivity index (χ3n) is 3.22. The van der Waals surface area contributed by atoms with Gasteiger partial charge in [0.15, 0.2) is 12.7 Å². The summed E-state index contributed by atoms with van der Waals surface area (Å²) in [5, 5.41) is 2.70. The summed E-state index contributed by atoms with van der Waals surface area (Å²) in [5.41, 5.74) is 1.63. The van der Waals surface area contributed by atoms with Crippen LogP contribution in [0.25, 0.3) is 0 Å². The minimum atomic E-state index is -0.808. The van der Waals surface area contributed by atoms with Gasteiger partial charge in [-0.2, -0.15) is 0 Å². The molecule has 0 bridgehead atoms. The number of anilines is 1. The van der Waals surface area contributed by atoms with Gasteiger partial charge in [0.1, 0.15) is 5.75 Å². The Morgan fingerprint density at radius 1 is 1.12 bits per heavy atom. The molecule has 1 amide bonds. The van der Waals surface area contributed by atoms with E-state index in [1.807, 2.05) is 37.3 Å². The minimum absolute atomic E-state index is 0.360. The summed E-state index contributed by atoms with van der Waals surface area (Å²) in [6, 6.07) is 14.5. The molecule has 1 atom stereocenters. The van der Waals surface area contributed by atoms with Gasteiger partial charge in [-0.25, -0.2) is 4.79 Å². The van der Waals surface area contributed by atoms with Gasteiger partial charge in [-0.15, -0.1) is 0 Å². The van der Waals surface area contributed by atoms with Crippen molar-refractivity contribution in [3.8, 4) is 5.75 Å². The number of ether oxygens (including phenoxy) is 2. The summed E-state index contributed by atoms with van der Waals surface area (Å²) in [5.74, 6) is -0.446. The summed E-state index contributed by atoms with van der Waals surface area (Å²) in [6.45, 7) is 3.10. The van der Waals surface area contributed by atoms with Crippen LogP contribution in [0.15, 0.2) is 53.0 Å². The van der Waals surface area contributed by atoms with Crippen molar-refractivity contribution in [2.45, 2.75) is 20.0 Å². The van der Waals surface area contributed by atoms with Crippen LogP contribution in [0, 0.1) is 6.92 Å². The highest BCUT2D eigenvalue weighted by Crippen LogP contribution is 2.17. The van der Waals surface area contributed by atoms with Crippen molar-refractivity contribution in [3.63, 3.8) is 0 Å². The van der Waals surface area contributed by atoms with E-state index in [1.54, 1.807) is 25.1 Å². The van der Waals surface area contributed by atoms with Gasteiger partial charge in [-0.3, -0.25) is 4.79 Å². The number of nitrogens with one attached hydrogen (secondary N) is 1. The van der Waals surface area contributed by atoms with Gasteiger partial charge in [0.2, 0.25) is 0 Å². The normalized spacial score (nSPS) is 11.5. The topological polar surface area (TPSA) is 64.6 Å². The van der Waals surface area contributed by atoms with Crippen LogP contribution in [0.4, 0.5) is 5.69 Å². The zero-order valence-electron chi connectivity index (χ0n) is 13.4. The summed E-state index contributed by atoms with van der Waals surface area (Å²) in [6.07, 6.45) is -0.808. The minimum Gasteiger partial charge on any atom is -0.479 e. The highest BCUT2D eigenvalue weighted by molar-refractivity contribution is 9.10. The first-order chi connectivity index (χ1) is 11.5. The van der Waals surface area contributed by atoms with Gasteiger partial charge in [-0.1, -0.05) is 34.1 Å². The molecular weight excluding hydrogens is 374 g/mol. The number of benzene rings is 2. The third kappa shape index (κ3) is 5.38. The summed E-state index contributed by atoms with van der Waals surface area (Å²) < 4.78 is 11.4. The van der Waals surface area contributed by atoms with Gasteiger partial charge in [0, 0.05) is 10.2 Å². The van der Waals surface area contributed by atoms with Crippen LogP contribution in [0.5, 0.6) is 5.75 Å². The first kappa shape index (κ1) is 18.0. The smallest absolute Gasteiger partial charge is 0.347 e. The Labute approximate surface area is 149 Å². The number of amides is 1. The summed E-state index contributed by atoms with van der Waals surface area (Å²) in [4.78, 5) is 23.8. The van der Waals surface area contributed by atoms with E-state index in [-0.39, 0.29) is 6.61 Å². The van der Waals surface area contributed by atoms with E-state index in [0.29, 0.717) is 11.4 Å².